The van der Waals surface area contributed by atoms with E-state index in [9.17, 15) is 4.79 Å². The van der Waals surface area contributed by atoms with Crippen LogP contribution in [0.15, 0.2) is 18.2 Å². The summed E-state index contributed by atoms with van der Waals surface area (Å²) in [5.74, 6) is 0.264. The Morgan fingerprint density at radius 3 is 2.54 bits per heavy atom. The molecule has 0 N–H and O–H groups in total. The molecule has 0 saturated heterocycles. The standard InChI is InChI=1S/C12H16O/c1-9-4-6-12(10(2)8-9)7-5-11(3)13/h4,6,8H,5,7H2,1-3H3. The van der Waals surface area contributed by atoms with Crippen LogP contribution in [-0.2, 0) is 11.2 Å². The van der Waals surface area contributed by atoms with E-state index < -0.39 is 0 Å². The lowest BCUT2D eigenvalue weighted by Crippen LogP contribution is -1.96. The second-order valence-electron chi connectivity index (χ2n) is 3.63. The van der Waals surface area contributed by atoms with Gasteiger partial charge in [-0.1, -0.05) is 23.8 Å². The smallest absolute Gasteiger partial charge is 0.130 e. The minimum atomic E-state index is 0.264. The van der Waals surface area contributed by atoms with Crippen molar-refractivity contribution in [1.29, 1.82) is 0 Å². The zero-order valence-electron chi connectivity index (χ0n) is 8.55. The number of aryl methyl sites for hydroxylation is 3. The number of rotatable bonds is 3. The fourth-order valence-electron chi connectivity index (χ4n) is 1.44. The maximum absolute atomic E-state index is 10.8. The van der Waals surface area contributed by atoms with Gasteiger partial charge in [0.25, 0.3) is 0 Å². The third-order valence-corrected chi connectivity index (χ3v) is 2.24. The largest absolute Gasteiger partial charge is 0.300 e. The summed E-state index contributed by atoms with van der Waals surface area (Å²) < 4.78 is 0. The molecule has 0 bridgehead atoms. The molecule has 0 radical (unpaired) electrons. The molecule has 0 aliphatic rings. The molecule has 0 spiro atoms. The average Bonchev–Trinajstić information content (AvgIpc) is 2.02. The lowest BCUT2D eigenvalue weighted by Gasteiger charge is -2.04. The Kier molecular flexibility index (Phi) is 3.24. The van der Waals surface area contributed by atoms with Gasteiger partial charge in [-0.15, -0.1) is 0 Å². The second-order valence-corrected chi connectivity index (χ2v) is 3.63. The van der Waals surface area contributed by atoms with Crippen LogP contribution in [0, 0.1) is 13.8 Å². The zero-order valence-corrected chi connectivity index (χ0v) is 8.55. The van der Waals surface area contributed by atoms with Crippen molar-refractivity contribution in [3.63, 3.8) is 0 Å². The van der Waals surface area contributed by atoms with Gasteiger partial charge < -0.3 is 4.79 Å². The van der Waals surface area contributed by atoms with E-state index >= 15 is 0 Å². The molecule has 1 aromatic carbocycles. The minimum absolute atomic E-state index is 0.264. The Balaban J connectivity index is 2.72. The molecule has 0 atom stereocenters. The molecule has 1 aromatic rings. The first-order chi connectivity index (χ1) is 6.09. The Hall–Kier alpha value is -1.11. The van der Waals surface area contributed by atoms with E-state index in [1.807, 2.05) is 0 Å². The first-order valence-electron chi connectivity index (χ1n) is 4.65. The van der Waals surface area contributed by atoms with Gasteiger partial charge in [-0.25, -0.2) is 0 Å². The quantitative estimate of drug-likeness (QED) is 0.692. The van der Waals surface area contributed by atoms with Gasteiger partial charge >= 0.3 is 0 Å². The molecule has 13 heavy (non-hydrogen) atoms. The molecular weight excluding hydrogens is 160 g/mol. The van der Waals surface area contributed by atoms with Gasteiger partial charge in [0.2, 0.25) is 0 Å². The van der Waals surface area contributed by atoms with E-state index in [4.69, 9.17) is 0 Å². The maximum atomic E-state index is 10.8. The van der Waals surface area contributed by atoms with Crippen LogP contribution < -0.4 is 0 Å². The van der Waals surface area contributed by atoms with Crippen LogP contribution in [0.3, 0.4) is 0 Å². The number of Topliss-reactive ketones (excluding diaryl/α,β-unsaturated/α-hetero) is 1. The molecule has 0 aliphatic heterocycles. The van der Waals surface area contributed by atoms with E-state index in [1.54, 1.807) is 6.92 Å². The van der Waals surface area contributed by atoms with Crippen LogP contribution in [0.4, 0.5) is 0 Å². The topological polar surface area (TPSA) is 17.1 Å². The van der Waals surface area contributed by atoms with E-state index in [1.165, 1.54) is 16.7 Å². The van der Waals surface area contributed by atoms with Crippen LogP contribution >= 0.6 is 0 Å². The predicted molar refractivity (Wildman–Crippen MR) is 54.9 cm³/mol. The van der Waals surface area contributed by atoms with Crippen molar-refractivity contribution in [3.8, 4) is 0 Å². The van der Waals surface area contributed by atoms with Crippen molar-refractivity contribution in [3.05, 3.63) is 34.9 Å². The third kappa shape index (κ3) is 3.02. The minimum Gasteiger partial charge on any atom is -0.300 e. The van der Waals surface area contributed by atoms with Crippen LogP contribution in [0.5, 0.6) is 0 Å². The van der Waals surface area contributed by atoms with Crippen molar-refractivity contribution in [2.45, 2.75) is 33.6 Å². The van der Waals surface area contributed by atoms with Gasteiger partial charge in [-0.2, -0.15) is 0 Å². The number of carbonyl (C=O) groups excluding carboxylic acids is 1. The molecule has 0 unspecified atom stereocenters. The highest BCUT2D eigenvalue weighted by Gasteiger charge is 2.00. The summed E-state index contributed by atoms with van der Waals surface area (Å²) in [4.78, 5) is 10.8. The van der Waals surface area contributed by atoms with Gasteiger partial charge in [-0.3, -0.25) is 0 Å². The van der Waals surface area contributed by atoms with Gasteiger partial charge in [0.05, 0.1) is 0 Å². The highest BCUT2D eigenvalue weighted by atomic mass is 16.1. The fourth-order valence-corrected chi connectivity index (χ4v) is 1.44. The number of hydrogen-bond donors (Lipinski definition) is 0. The molecule has 1 heteroatoms. The van der Waals surface area contributed by atoms with Crippen molar-refractivity contribution in [1.82, 2.24) is 0 Å². The van der Waals surface area contributed by atoms with E-state index in [2.05, 4.69) is 32.0 Å². The molecular formula is C12H16O. The van der Waals surface area contributed by atoms with Gasteiger partial charge in [-0.05, 0) is 38.3 Å². The first-order valence-corrected chi connectivity index (χ1v) is 4.65. The highest BCUT2D eigenvalue weighted by molar-refractivity contribution is 5.75. The lowest BCUT2D eigenvalue weighted by molar-refractivity contribution is -0.116. The Bertz CT molecular complexity index is 313. The number of benzene rings is 1. The molecule has 0 saturated carbocycles. The van der Waals surface area contributed by atoms with Crippen molar-refractivity contribution >= 4 is 5.78 Å². The number of carbonyl (C=O) groups is 1. The summed E-state index contributed by atoms with van der Waals surface area (Å²) in [7, 11) is 0. The summed E-state index contributed by atoms with van der Waals surface area (Å²) in [6.07, 6.45) is 1.53. The van der Waals surface area contributed by atoms with Crippen LogP contribution in [-0.4, -0.2) is 5.78 Å². The predicted octanol–water partition coefficient (Wildman–Crippen LogP) is 2.83. The normalized spacial score (nSPS) is 10.1. The van der Waals surface area contributed by atoms with Crippen molar-refractivity contribution in [2.24, 2.45) is 0 Å². The van der Waals surface area contributed by atoms with Crippen LogP contribution in [0.1, 0.15) is 30.0 Å². The van der Waals surface area contributed by atoms with Crippen molar-refractivity contribution in [2.75, 3.05) is 0 Å². The molecule has 0 aromatic heterocycles. The lowest BCUT2D eigenvalue weighted by atomic mass is 10.0. The average molecular weight is 176 g/mol. The van der Waals surface area contributed by atoms with Gasteiger partial charge in [0, 0.05) is 6.42 Å². The molecule has 1 rings (SSSR count). The zero-order chi connectivity index (χ0) is 9.84. The molecule has 0 amide bonds. The Morgan fingerprint density at radius 2 is 2.00 bits per heavy atom. The summed E-state index contributed by atoms with van der Waals surface area (Å²) in [5.41, 5.74) is 3.87. The van der Waals surface area contributed by atoms with Gasteiger partial charge in [0.15, 0.2) is 0 Å². The van der Waals surface area contributed by atoms with Crippen molar-refractivity contribution < 1.29 is 4.79 Å². The third-order valence-electron chi connectivity index (χ3n) is 2.24. The van der Waals surface area contributed by atoms with E-state index in [0.717, 1.165) is 6.42 Å². The van der Waals surface area contributed by atoms with E-state index in [-0.39, 0.29) is 5.78 Å². The molecule has 0 aliphatic carbocycles. The monoisotopic (exact) mass is 176 g/mol. The first kappa shape index (κ1) is 9.97. The van der Waals surface area contributed by atoms with E-state index in [0.29, 0.717) is 6.42 Å². The Morgan fingerprint density at radius 1 is 1.31 bits per heavy atom. The van der Waals surface area contributed by atoms with Crippen LogP contribution in [0.25, 0.3) is 0 Å². The maximum Gasteiger partial charge on any atom is 0.130 e. The summed E-state index contributed by atoms with van der Waals surface area (Å²) >= 11 is 0. The highest BCUT2D eigenvalue weighted by Crippen LogP contribution is 2.12. The number of hydrogen-bond acceptors (Lipinski definition) is 1. The Labute approximate surface area is 79.8 Å². The molecule has 1 nitrogen and oxygen atoms in total. The SMILES string of the molecule is CC(=O)CCc1ccc(C)cc1C. The fraction of sp³-hybridized carbons (Fsp3) is 0.417. The molecule has 0 fully saturated rings. The molecule has 0 heterocycles. The number of ketones is 1. The second kappa shape index (κ2) is 4.22. The molecule has 70 valence electrons. The summed E-state index contributed by atoms with van der Waals surface area (Å²) in [6.45, 7) is 5.83. The summed E-state index contributed by atoms with van der Waals surface area (Å²) in [5, 5.41) is 0. The van der Waals surface area contributed by atoms with Gasteiger partial charge in [0.1, 0.15) is 5.78 Å². The summed E-state index contributed by atoms with van der Waals surface area (Å²) in [6, 6.07) is 6.38. The van der Waals surface area contributed by atoms with Crippen LogP contribution in [0.2, 0.25) is 0 Å².